The summed E-state index contributed by atoms with van der Waals surface area (Å²) in [6.45, 7) is 0.00542. The summed E-state index contributed by atoms with van der Waals surface area (Å²) in [5.41, 5.74) is 0.692. The van der Waals surface area contributed by atoms with Crippen molar-refractivity contribution in [3.05, 3.63) is 70.3 Å². The number of amides is 1. The molecule has 5 nitrogen and oxygen atoms in total. The highest BCUT2D eigenvalue weighted by molar-refractivity contribution is 6.30. The van der Waals surface area contributed by atoms with Gasteiger partial charge in [-0.15, -0.1) is 0 Å². The van der Waals surface area contributed by atoms with Crippen molar-refractivity contribution in [1.82, 2.24) is 15.0 Å². The van der Waals surface area contributed by atoms with Crippen LogP contribution in [0.1, 0.15) is 30.3 Å². The van der Waals surface area contributed by atoms with E-state index in [1.54, 1.807) is 6.07 Å². The third-order valence-electron chi connectivity index (χ3n) is 4.51. The van der Waals surface area contributed by atoms with Crippen LogP contribution in [0.2, 0.25) is 5.02 Å². The Morgan fingerprint density at radius 1 is 1.14 bits per heavy atom. The fraction of sp³-hybridized carbons (Fsp3) is 0.211. The molecule has 0 spiro atoms. The molecule has 2 aromatic carbocycles. The van der Waals surface area contributed by atoms with Gasteiger partial charge in [0.1, 0.15) is 23.5 Å². The van der Waals surface area contributed by atoms with E-state index in [1.165, 1.54) is 29.2 Å². The molecule has 0 N–H and O–H groups in total. The minimum Gasteiger partial charge on any atom is -0.337 e. The van der Waals surface area contributed by atoms with Gasteiger partial charge in [0.2, 0.25) is 17.6 Å². The smallest absolute Gasteiger partial charge is 0.249 e. The van der Waals surface area contributed by atoms with Gasteiger partial charge in [-0.2, -0.15) is 4.98 Å². The van der Waals surface area contributed by atoms with E-state index in [0.717, 1.165) is 6.07 Å². The summed E-state index contributed by atoms with van der Waals surface area (Å²) in [5, 5.41) is 3.82. The molecule has 9 heteroatoms. The van der Waals surface area contributed by atoms with Crippen molar-refractivity contribution in [3.63, 3.8) is 0 Å². The van der Waals surface area contributed by atoms with E-state index in [4.69, 9.17) is 16.1 Å². The largest absolute Gasteiger partial charge is 0.337 e. The molecule has 1 fully saturated rings. The van der Waals surface area contributed by atoms with E-state index in [9.17, 15) is 18.0 Å². The van der Waals surface area contributed by atoms with Gasteiger partial charge in [0.05, 0.1) is 5.02 Å². The van der Waals surface area contributed by atoms with Crippen LogP contribution in [-0.2, 0) is 11.3 Å². The maximum Gasteiger partial charge on any atom is 0.249 e. The second-order valence-electron chi connectivity index (χ2n) is 6.44. The number of likely N-dealkylation sites (tertiary alicyclic amines) is 1. The van der Waals surface area contributed by atoms with Crippen LogP contribution in [0.5, 0.6) is 0 Å². The number of nitrogens with zero attached hydrogens (tertiary/aromatic N) is 3. The van der Waals surface area contributed by atoms with E-state index in [0.29, 0.717) is 17.5 Å². The summed E-state index contributed by atoms with van der Waals surface area (Å²) in [5.74, 6) is -1.91. The maximum absolute atomic E-state index is 13.7. The van der Waals surface area contributed by atoms with E-state index >= 15 is 0 Å². The molecule has 1 saturated heterocycles. The van der Waals surface area contributed by atoms with Gasteiger partial charge >= 0.3 is 0 Å². The van der Waals surface area contributed by atoms with Gasteiger partial charge in [-0.1, -0.05) is 16.8 Å². The van der Waals surface area contributed by atoms with E-state index in [1.807, 2.05) is 0 Å². The van der Waals surface area contributed by atoms with Crippen LogP contribution in [0, 0.1) is 17.5 Å². The molecule has 0 saturated carbocycles. The Morgan fingerprint density at radius 2 is 1.89 bits per heavy atom. The van der Waals surface area contributed by atoms with Gasteiger partial charge in [-0.25, -0.2) is 13.2 Å². The minimum atomic E-state index is -0.719. The number of carbonyl (C=O) groups excluding carboxylic acids is 1. The molecule has 1 aliphatic heterocycles. The Hall–Kier alpha value is -2.87. The molecule has 28 heavy (non-hydrogen) atoms. The van der Waals surface area contributed by atoms with Crippen molar-refractivity contribution in [3.8, 4) is 11.4 Å². The zero-order chi connectivity index (χ0) is 19.8. The molecule has 0 radical (unpaired) electrons. The summed E-state index contributed by atoms with van der Waals surface area (Å²) in [4.78, 5) is 18.0. The predicted molar refractivity (Wildman–Crippen MR) is 93.6 cm³/mol. The van der Waals surface area contributed by atoms with Crippen molar-refractivity contribution < 1.29 is 22.5 Å². The van der Waals surface area contributed by atoms with Crippen LogP contribution in [0.15, 0.2) is 40.9 Å². The summed E-state index contributed by atoms with van der Waals surface area (Å²) in [7, 11) is 0. The summed E-state index contributed by atoms with van der Waals surface area (Å²) >= 11 is 5.67. The van der Waals surface area contributed by atoms with E-state index in [2.05, 4.69) is 10.1 Å². The number of halogens is 4. The van der Waals surface area contributed by atoms with Crippen molar-refractivity contribution in [2.24, 2.45) is 0 Å². The standard InChI is InChI=1S/C19H13ClF3N3O2/c20-14-2-1-11(7-15(14)23)18-24-19(28-25-18)16-3-4-17(27)26(16)9-10-5-12(21)8-13(22)6-10/h1-2,5-8,16H,3-4,9H2. The number of rotatable bonds is 4. The third-order valence-corrected chi connectivity index (χ3v) is 4.81. The van der Waals surface area contributed by atoms with Crippen LogP contribution in [0.3, 0.4) is 0 Å². The Labute approximate surface area is 162 Å². The van der Waals surface area contributed by atoms with Crippen molar-refractivity contribution in [1.29, 1.82) is 0 Å². The molecule has 0 aliphatic carbocycles. The van der Waals surface area contributed by atoms with Crippen molar-refractivity contribution in [2.75, 3.05) is 0 Å². The molecule has 3 aromatic rings. The second kappa shape index (κ2) is 7.27. The number of carbonyl (C=O) groups is 1. The third kappa shape index (κ3) is 3.60. The number of benzene rings is 2. The summed E-state index contributed by atoms with van der Waals surface area (Å²) in [6.07, 6.45) is 0.670. The first kappa shape index (κ1) is 18.5. The number of hydrogen-bond donors (Lipinski definition) is 0. The van der Waals surface area contributed by atoms with Crippen LogP contribution in [-0.4, -0.2) is 20.9 Å². The van der Waals surface area contributed by atoms with Gasteiger partial charge in [-0.05, 0) is 42.3 Å². The van der Waals surface area contributed by atoms with E-state index < -0.39 is 23.5 Å². The molecule has 1 aliphatic rings. The topological polar surface area (TPSA) is 59.2 Å². The fourth-order valence-electron chi connectivity index (χ4n) is 3.21. The quantitative estimate of drug-likeness (QED) is 0.630. The van der Waals surface area contributed by atoms with Crippen molar-refractivity contribution >= 4 is 17.5 Å². The van der Waals surface area contributed by atoms with Crippen LogP contribution in [0.4, 0.5) is 13.2 Å². The molecule has 1 unspecified atom stereocenters. The molecule has 1 aromatic heterocycles. The molecule has 1 amide bonds. The predicted octanol–water partition coefficient (Wildman–Crippen LogP) is 4.67. The lowest BCUT2D eigenvalue weighted by Crippen LogP contribution is -2.27. The lowest BCUT2D eigenvalue weighted by Gasteiger charge is -2.22. The van der Waals surface area contributed by atoms with Crippen molar-refractivity contribution in [2.45, 2.75) is 25.4 Å². The lowest BCUT2D eigenvalue weighted by atomic mass is 10.1. The number of hydrogen-bond acceptors (Lipinski definition) is 4. The average molecular weight is 408 g/mol. The van der Waals surface area contributed by atoms with Gasteiger partial charge in [0.15, 0.2) is 0 Å². The first-order valence-corrected chi connectivity index (χ1v) is 8.82. The Bertz CT molecular complexity index is 1040. The van der Waals surface area contributed by atoms with E-state index in [-0.39, 0.29) is 35.6 Å². The normalized spacial score (nSPS) is 16.8. The first-order chi connectivity index (χ1) is 13.4. The second-order valence-corrected chi connectivity index (χ2v) is 6.85. The van der Waals surface area contributed by atoms with Gasteiger partial charge in [0.25, 0.3) is 0 Å². The Balaban J connectivity index is 1.60. The zero-order valence-corrected chi connectivity index (χ0v) is 15.1. The SMILES string of the molecule is O=C1CCC(c2nc(-c3ccc(Cl)c(F)c3)no2)N1Cc1cc(F)cc(F)c1. The molecule has 0 bridgehead atoms. The molecular weight excluding hydrogens is 395 g/mol. The monoisotopic (exact) mass is 407 g/mol. The first-order valence-electron chi connectivity index (χ1n) is 8.44. The van der Waals surface area contributed by atoms with Gasteiger partial charge in [-0.3, -0.25) is 4.79 Å². The molecule has 4 rings (SSSR count). The molecule has 144 valence electrons. The highest BCUT2D eigenvalue weighted by atomic mass is 35.5. The highest BCUT2D eigenvalue weighted by Crippen LogP contribution is 2.34. The summed E-state index contributed by atoms with van der Waals surface area (Å²) < 4.78 is 45.8. The fourth-order valence-corrected chi connectivity index (χ4v) is 3.33. The number of aromatic nitrogens is 2. The lowest BCUT2D eigenvalue weighted by molar-refractivity contribution is -0.130. The molecular formula is C19H13ClF3N3O2. The van der Waals surface area contributed by atoms with Gasteiger partial charge < -0.3 is 9.42 Å². The van der Waals surface area contributed by atoms with Crippen LogP contribution in [0.25, 0.3) is 11.4 Å². The average Bonchev–Trinajstić information content (AvgIpc) is 3.24. The zero-order valence-electron chi connectivity index (χ0n) is 14.3. The summed E-state index contributed by atoms with van der Waals surface area (Å²) in [6, 6.07) is 6.69. The maximum atomic E-state index is 13.7. The Morgan fingerprint density at radius 3 is 2.61 bits per heavy atom. The van der Waals surface area contributed by atoms with Crippen LogP contribution < -0.4 is 0 Å². The minimum absolute atomic E-state index is 0.00542. The van der Waals surface area contributed by atoms with Crippen LogP contribution >= 0.6 is 11.6 Å². The molecule has 2 heterocycles. The Kier molecular flexibility index (Phi) is 4.80. The molecule has 1 atom stereocenters. The van der Waals surface area contributed by atoms with Gasteiger partial charge in [0, 0.05) is 24.6 Å². The highest BCUT2D eigenvalue weighted by Gasteiger charge is 2.36.